The number of esters is 1. The maximum absolute atomic E-state index is 12.8. The van der Waals surface area contributed by atoms with E-state index in [1.54, 1.807) is 48.5 Å². The lowest BCUT2D eigenvalue weighted by molar-refractivity contribution is -0.145. The molecule has 3 aliphatic rings. The quantitative estimate of drug-likeness (QED) is 0.801. The van der Waals surface area contributed by atoms with Crippen LogP contribution in [0, 0.1) is 23.7 Å². The van der Waals surface area contributed by atoms with Crippen LogP contribution in [0.5, 0.6) is 11.5 Å². The van der Waals surface area contributed by atoms with Gasteiger partial charge in [-0.2, -0.15) is 0 Å². The number of fused-ring (bicyclic) bond motifs is 1. The van der Waals surface area contributed by atoms with Crippen LogP contribution >= 0.6 is 11.6 Å². The molecule has 3 fully saturated rings. The van der Waals surface area contributed by atoms with E-state index in [0.717, 1.165) is 12.8 Å². The van der Waals surface area contributed by atoms with Gasteiger partial charge in [0.25, 0.3) is 0 Å². The molecule has 1 heterocycles. The Balaban J connectivity index is 1.25. The number of hydrogen-bond donors (Lipinski definition) is 1. The van der Waals surface area contributed by atoms with Crippen molar-refractivity contribution in [1.82, 2.24) is 0 Å². The van der Waals surface area contributed by atoms with Gasteiger partial charge in [-0.3, -0.25) is 9.59 Å². The summed E-state index contributed by atoms with van der Waals surface area (Å²) in [6, 6.07) is 14.3. The fourth-order valence-corrected chi connectivity index (χ4v) is 4.96. The standard InChI is InChI=1S/C21H18ClNO4/c22-12-1-5-14(6-2-12)26-15-7-3-13(4-8-15)23-20(24)18-11-9-16-17(10-11)27-21(25)19(16)18/h1-8,11,16-19H,9-10H2,(H,23,24)/t11-,16-,17+,18-,19-/m1/s1. The SMILES string of the molecule is O=C(Nc1ccc(Oc2ccc(Cl)cc2)cc1)[C@@H]1[C@@H]2C[C@H]3[C@H]1C(=O)O[C@H]3C2. The number of rotatable bonds is 4. The third kappa shape index (κ3) is 2.86. The van der Waals surface area contributed by atoms with Gasteiger partial charge in [-0.05, 0) is 67.3 Å². The highest BCUT2D eigenvalue weighted by atomic mass is 35.5. The van der Waals surface area contributed by atoms with E-state index in [4.69, 9.17) is 21.1 Å². The Kier molecular flexibility index (Phi) is 3.86. The van der Waals surface area contributed by atoms with Gasteiger partial charge < -0.3 is 14.8 Å². The minimum absolute atomic E-state index is 0.0425. The van der Waals surface area contributed by atoms with Crippen LogP contribution in [0.3, 0.4) is 0 Å². The molecule has 2 aliphatic carbocycles. The first-order valence-corrected chi connectivity index (χ1v) is 9.51. The molecule has 1 saturated heterocycles. The molecule has 0 radical (unpaired) electrons. The maximum atomic E-state index is 12.8. The fraction of sp³-hybridized carbons (Fsp3) is 0.333. The molecule has 2 saturated carbocycles. The van der Waals surface area contributed by atoms with Gasteiger partial charge >= 0.3 is 5.97 Å². The Bertz CT molecular complexity index is 893. The molecule has 5 rings (SSSR count). The van der Waals surface area contributed by atoms with Gasteiger partial charge in [0.1, 0.15) is 17.6 Å². The molecule has 0 unspecified atom stereocenters. The predicted molar refractivity (Wildman–Crippen MR) is 99.7 cm³/mol. The Morgan fingerprint density at radius 1 is 1.04 bits per heavy atom. The van der Waals surface area contributed by atoms with Crippen LogP contribution in [0.25, 0.3) is 0 Å². The van der Waals surface area contributed by atoms with Crippen molar-refractivity contribution in [3.05, 3.63) is 53.6 Å². The zero-order valence-electron chi connectivity index (χ0n) is 14.4. The van der Waals surface area contributed by atoms with Gasteiger partial charge in [-0.1, -0.05) is 11.6 Å². The number of hydrogen-bond acceptors (Lipinski definition) is 4. The molecule has 2 aromatic rings. The summed E-state index contributed by atoms with van der Waals surface area (Å²) in [5.74, 6) is 1.02. The van der Waals surface area contributed by atoms with Crippen molar-refractivity contribution in [3.8, 4) is 11.5 Å². The molecule has 1 aliphatic heterocycles. The second-order valence-corrected chi connectivity index (χ2v) is 7.93. The van der Waals surface area contributed by atoms with Crippen LogP contribution in [-0.2, 0) is 14.3 Å². The van der Waals surface area contributed by atoms with Crippen molar-refractivity contribution in [1.29, 1.82) is 0 Å². The minimum atomic E-state index is -0.272. The normalized spacial score (nSPS) is 30.3. The van der Waals surface area contributed by atoms with Crippen molar-refractivity contribution >= 4 is 29.2 Å². The van der Waals surface area contributed by atoms with Crippen LogP contribution in [0.2, 0.25) is 5.02 Å². The summed E-state index contributed by atoms with van der Waals surface area (Å²) in [6.45, 7) is 0. The third-order valence-electron chi connectivity index (χ3n) is 5.96. The summed E-state index contributed by atoms with van der Waals surface area (Å²) >= 11 is 5.87. The van der Waals surface area contributed by atoms with Crippen molar-refractivity contribution in [2.24, 2.45) is 23.7 Å². The Hall–Kier alpha value is -2.53. The third-order valence-corrected chi connectivity index (χ3v) is 6.21. The van der Waals surface area contributed by atoms with Gasteiger partial charge in [-0.25, -0.2) is 0 Å². The minimum Gasteiger partial charge on any atom is -0.462 e. The first-order valence-electron chi connectivity index (χ1n) is 9.13. The van der Waals surface area contributed by atoms with Gasteiger partial charge in [0, 0.05) is 16.6 Å². The second-order valence-electron chi connectivity index (χ2n) is 7.49. The molecule has 1 N–H and O–H groups in total. The summed E-state index contributed by atoms with van der Waals surface area (Å²) in [6.07, 6.45) is 1.78. The van der Waals surface area contributed by atoms with Gasteiger partial charge in [0.15, 0.2) is 0 Å². The van der Waals surface area contributed by atoms with Gasteiger partial charge in [-0.15, -0.1) is 0 Å². The lowest BCUT2D eigenvalue weighted by atomic mass is 9.79. The first kappa shape index (κ1) is 16.6. The van der Waals surface area contributed by atoms with Gasteiger partial charge in [0.05, 0.1) is 11.8 Å². The molecule has 0 aromatic heterocycles. The average Bonchev–Trinajstić information content (AvgIpc) is 3.27. The lowest BCUT2D eigenvalue weighted by Crippen LogP contribution is -2.35. The molecule has 2 bridgehead atoms. The van der Waals surface area contributed by atoms with Crippen molar-refractivity contribution in [2.45, 2.75) is 18.9 Å². The van der Waals surface area contributed by atoms with E-state index in [0.29, 0.717) is 22.2 Å². The van der Waals surface area contributed by atoms with Crippen molar-refractivity contribution < 1.29 is 19.1 Å². The highest BCUT2D eigenvalue weighted by Crippen LogP contribution is 2.57. The molecule has 5 atom stereocenters. The number of amides is 1. The van der Waals surface area contributed by atoms with E-state index < -0.39 is 0 Å². The predicted octanol–water partition coefficient (Wildman–Crippen LogP) is 4.27. The molecule has 27 heavy (non-hydrogen) atoms. The Morgan fingerprint density at radius 3 is 2.41 bits per heavy atom. The van der Waals surface area contributed by atoms with E-state index >= 15 is 0 Å². The second kappa shape index (κ2) is 6.27. The zero-order chi connectivity index (χ0) is 18.5. The fourth-order valence-electron chi connectivity index (χ4n) is 4.83. The number of nitrogens with one attached hydrogen (secondary N) is 1. The van der Waals surface area contributed by atoms with Crippen molar-refractivity contribution in [2.75, 3.05) is 5.32 Å². The molecular formula is C21H18ClNO4. The molecule has 6 heteroatoms. The van der Waals surface area contributed by atoms with Crippen LogP contribution in [0.15, 0.2) is 48.5 Å². The summed E-state index contributed by atoms with van der Waals surface area (Å²) in [7, 11) is 0. The van der Waals surface area contributed by atoms with Crippen LogP contribution < -0.4 is 10.1 Å². The largest absolute Gasteiger partial charge is 0.462 e. The number of carbonyl (C=O) groups excluding carboxylic acids is 2. The lowest BCUT2D eigenvalue weighted by Gasteiger charge is -2.23. The van der Waals surface area contributed by atoms with E-state index in [1.165, 1.54) is 0 Å². The Morgan fingerprint density at radius 2 is 1.70 bits per heavy atom. The number of carbonyl (C=O) groups is 2. The van der Waals surface area contributed by atoms with Crippen LogP contribution in [0.1, 0.15) is 12.8 Å². The van der Waals surface area contributed by atoms with Crippen molar-refractivity contribution in [3.63, 3.8) is 0 Å². The molecular weight excluding hydrogens is 366 g/mol. The smallest absolute Gasteiger partial charge is 0.310 e. The van der Waals surface area contributed by atoms with E-state index in [1.807, 2.05) is 0 Å². The van der Waals surface area contributed by atoms with E-state index in [2.05, 4.69) is 5.32 Å². The molecule has 1 amide bonds. The average molecular weight is 384 g/mol. The topological polar surface area (TPSA) is 64.6 Å². The Labute approximate surface area is 161 Å². The summed E-state index contributed by atoms with van der Waals surface area (Å²) in [4.78, 5) is 24.9. The molecule has 0 spiro atoms. The monoisotopic (exact) mass is 383 g/mol. The highest BCUT2D eigenvalue weighted by molar-refractivity contribution is 6.30. The first-order chi connectivity index (χ1) is 13.1. The number of ether oxygens (including phenoxy) is 2. The highest BCUT2D eigenvalue weighted by Gasteiger charge is 2.63. The molecule has 2 aromatic carbocycles. The number of benzene rings is 2. The van der Waals surface area contributed by atoms with Crippen LogP contribution in [-0.4, -0.2) is 18.0 Å². The summed E-state index contributed by atoms with van der Waals surface area (Å²) in [5.41, 5.74) is 0.689. The van der Waals surface area contributed by atoms with E-state index in [9.17, 15) is 9.59 Å². The number of anilines is 1. The summed E-state index contributed by atoms with van der Waals surface area (Å²) in [5, 5.41) is 3.60. The van der Waals surface area contributed by atoms with E-state index in [-0.39, 0.29) is 41.7 Å². The summed E-state index contributed by atoms with van der Waals surface area (Å²) < 4.78 is 11.2. The molecule has 5 nitrogen and oxygen atoms in total. The maximum Gasteiger partial charge on any atom is 0.310 e. The molecule has 138 valence electrons. The van der Waals surface area contributed by atoms with Gasteiger partial charge in [0.2, 0.25) is 5.91 Å². The number of halogens is 1. The van der Waals surface area contributed by atoms with Crippen LogP contribution in [0.4, 0.5) is 5.69 Å². The zero-order valence-corrected chi connectivity index (χ0v) is 15.2.